The van der Waals surface area contributed by atoms with Crippen LogP contribution in [0.5, 0.6) is 0 Å². The van der Waals surface area contributed by atoms with Gasteiger partial charge in [0.15, 0.2) is 0 Å². The molecular weight excluding hydrogens is 182 g/mol. The fourth-order valence-corrected chi connectivity index (χ4v) is 2.42. The van der Waals surface area contributed by atoms with E-state index >= 15 is 0 Å². The van der Waals surface area contributed by atoms with Crippen LogP contribution in [-0.2, 0) is 0 Å². The predicted octanol–water partition coefficient (Wildman–Crippen LogP) is 3.75. The van der Waals surface area contributed by atoms with Gasteiger partial charge in [0.05, 0.1) is 5.52 Å². The fraction of sp³-hybridized carbons (Fsp3) is 0.357. The molecule has 1 nitrogen and oxygen atoms in total. The summed E-state index contributed by atoms with van der Waals surface area (Å²) in [6.07, 6.45) is 4.55. The van der Waals surface area contributed by atoms with Crippen molar-refractivity contribution in [2.45, 2.75) is 25.7 Å². The number of hydrogen-bond donors (Lipinski definition) is 0. The number of hydrogen-bond acceptors (Lipinski definition) is 1. The van der Waals surface area contributed by atoms with Gasteiger partial charge < -0.3 is 0 Å². The van der Waals surface area contributed by atoms with Crippen LogP contribution in [0.1, 0.15) is 31.2 Å². The molecule has 1 heteroatoms. The van der Waals surface area contributed by atoms with Gasteiger partial charge in [0, 0.05) is 11.6 Å². The Balaban J connectivity index is 2.00. The third-order valence-electron chi connectivity index (χ3n) is 3.51. The van der Waals surface area contributed by atoms with Crippen molar-refractivity contribution in [1.29, 1.82) is 0 Å². The van der Waals surface area contributed by atoms with Crippen molar-refractivity contribution in [1.82, 2.24) is 4.98 Å². The van der Waals surface area contributed by atoms with Gasteiger partial charge in [0.1, 0.15) is 0 Å². The zero-order chi connectivity index (χ0) is 10.3. The van der Waals surface area contributed by atoms with Crippen molar-refractivity contribution in [2.24, 2.45) is 5.92 Å². The van der Waals surface area contributed by atoms with Crippen molar-refractivity contribution in [3.63, 3.8) is 0 Å². The van der Waals surface area contributed by atoms with Crippen LogP contribution in [0.4, 0.5) is 0 Å². The molecule has 1 saturated carbocycles. The van der Waals surface area contributed by atoms with Crippen molar-refractivity contribution < 1.29 is 0 Å². The molecule has 1 aromatic heterocycles. The van der Waals surface area contributed by atoms with Crippen LogP contribution in [0, 0.1) is 5.92 Å². The third kappa shape index (κ3) is 1.52. The lowest BCUT2D eigenvalue weighted by Gasteiger charge is -2.01. The number of nitrogens with zero attached hydrogens (tertiary/aromatic N) is 1. The molecule has 0 radical (unpaired) electrons. The third-order valence-corrected chi connectivity index (χ3v) is 3.51. The minimum absolute atomic E-state index is 0.807. The summed E-state index contributed by atoms with van der Waals surface area (Å²) in [5, 5.41) is 1.25. The molecular formula is C14H15N. The first-order valence-electron chi connectivity index (χ1n) is 5.73. The summed E-state index contributed by atoms with van der Waals surface area (Å²) in [5.41, 5.74) is 2.62. The number of pyridine rings is 1. The van der Waals surface area contributed by atoms with Crippen molar-refractivity contribution in [3.8, 4) is 0 Å². The molecule has 1 aliphatic carbocycles. The molecule has 3 rings (SSSR count). The first-order chi connectivity index (χ1) is 7.38. The number of aromatic nitrogens is 1. The van der Waals surface area contributed by atoms with Gasteiger partial charge in [-0.25, -0.2) is 0 Å². The molecule has 0 saturated heterocycles. The fourth-order valence-electron chi connectivity index (χ4n) is 2.42. The molecule has 0 amide bonds. The molecule has 2 atom stereocenters. The minimum atomic E-state index is 0.807. The molecule has 0 bridgehead atoms. The van der Waals surface area contributed by atoms with E-state index in [2.05, 4.69) is 36.2 Å². The molecule has 0 spiro atoms. The zero-order valence-corrected chi connectivity index (χ0v) is 8.98. The first-order valence-corrected chi connectivity index (χ1v) is 5.73. The van der Waals surface area contributed by atoms with Crippen molar-refractivity contribution in [3.05, 3.63) is 42.1 Å². The average Bonchev–Trinajstić information content (AvgIpc) is 3.08. The van der Waals surface area contributed by atoms with Crippen LogP contribution < -0.4 is 0 Å². The Labute approximate surface area is 90.2 Å². The Morgan fingerprint density at radius 1 is 1.33 bits per heavy atom. The second-order valence-corrected chi connectivity index (χ2v) is 4.47. The molecule has 1 fully saturated rings. The Bertz CT molecular complexity index is 489. The smallest absolute Gasteiger partial charge is 0.0704 e. The molecule has 0 aliphatic heterocycles. The lowest BCUT2D eigenvalue weighted by atomic mass is 10.1. The summed E-state index contributed by atoms with van der Waals surface area (Å²) in [6, 6.07) is 10.8. The molecule has 1 aliphatic rings. The van der Waals surface area contributed by atoms with Crippen LogP contribution in [0.3, 0.4) is 0 Å². The highest BCUT2D eigenvalue weighted by Crippen LogP contribution is 2.49. The van der Waals surface area contributed by atoms with Crippen molar-refractivity contribution in [2.75, 3.05) is 0 Å². The largest absolute Gasteiger partial charge is 0.256 e. The first kappa shape index (κ1) is 8.90. The van der Waals surface area contributed by atoms with E-state index in [0.717, 1.165) is 17.4 Å². The summed E-state index contributed by atoms with van der Waals surface area (Å²) in [7, 11) is 0. The molecule has 1 aromatic carbocycles. The monoisotopic (exact) mass is 197 g/mol. The van der Waals surface area contributed by atoms with E-state index in [1.807, 2.05) is 12.3 Å². The lowest BCUT2D eigenvalue weighted by molar-refractivity contribution is 0.766. The molecule has 15 heavy (non-hydrogen) atoms. The van der Waals surface area contributed by atoms with Gasteiger partial charge in [-0.05, 0) is 36.0 Å². The van der Waals surface area contributed by atoms with Gasteiger partial charge in [-0.15, -0.1) is 0 Å². The van der Waals surface area contributed by atoms with Crippen LogP contribution in [-0.4, -0.2) is 4.98 Å². The lowest BCUT2D eigenvalue weighted by Crippen LogP contribution is -1.84. The quantitative estimate of drug-likeness (QED) is 0.714. The minimum Gasteiger partial charge on any atom is -0.256 e. The molecule has 1 heterocycles. The number of rotatable bonds is 2. The topological polar surface area (TPSA) is 12.9 Å². The van der Waals surface area contributed by atoms with Crippen LogP contribution in [0.25, 0.3) is 10.9 Å². The average molecular weight is 197 g/mol. The summed E-state index contributed by atoms with van der Waals surface area (Å²) in [4.78, 5) is 4.40. The standard InChI is InChI=1S/C14H15N/c1-2-10-8-13(10)12-6-5-11-4-3-7-15-14(11)9-12/h3-7,9-10,13H,2,8H2,1H3/t10-,13-/m0/s1. The summed E-state index contributed by atoms with van der Waals surface area (Å²) < 4.78 is 0. The number of fused-ring (bicyclic) bond motifs is 1. The van der Waals surface area contributed by atoms with Gasteiger partial charge >= 0.3 is 0 Å². The molecule has 0 N–H and O–H groups in total. The van der Waals surface area contributed by atoms with Gasteiger partial charge in [0.2, 0.25) is 0 Å². The van der Waals surface area contributed by atoms with E-state index in [9.17, 15) is 0 Å². The van der Waals surface area contributed by atoms with Gasteiger partial charge in [0.25, 0.3) is 0 Å². The predicted molar refractivity (Wildman–Crippen MR) is 62.9 cm³/mol. The highest BCUT2D eigenvalue weighted by atomic mass is 14.6. The zero-order valence-electron chi connectivity index (χ0n) is 8.98. The van der Waals surface area contributed by atoms with Crippen LogP contribution in [0.15, 0.2) is 36.5 Å². The van der Waals surface area contributed by atoms with E-state index in [0.29, 0.717) is 0 Å². The molecule has 2 aromatic rings. The summed E-state index contributed by atoms with van der Waals surface area (Å²) in [5.74, 6) is 1.73. The summed E-state index contributed by atoms with van der Waals surface area (Å²) in [6.45, 7) is 2.28. The van der Waals surface area contributed by atoms with Crippen molar-refractivity contribution >= 4 is 10.9 Å². The molecule has 76 valence electrons. The van der Waals surface area contributed by atoms with Crippen LogP contribution in [0.2, 0.25) is 0 Å². The highest BCUT2D eigenvalue weighted by molar-refractivity contribution is 5.79. The normalized spacial score (nSPS) is 24.3. The second kappa shape index (κ2) is 3.34. The Morgan fingerprint density at radius 2 is 2.27 bits per heavy atom. The highest BCUT2D eigenvalue weighted by Gasteiger charge is 2.36. The van der Waals surface area contributed by atoms with E-state index in [1.165, 1.54) is 23.8 Å². The maximum absolute atomic E-state index is 4.40. The van der Waals surface area contributed by atoms with Gasteiger partial charge in [-0.1, -0.05) is 31.5 Å². The van der Waals surface area contributed by atoms with E-state index in [4.69, 9.17) is 0 Å². The Hall–Kier alpha value is -1.37. The van der Waals surface area contributed by atoms with E-state index in [1.54, 1.807) is 0 Å². The van der Waals surface area contributed by atoms with Gasteiger partial charge in [-0.2, -0.15) is 0 Å². The number of benzene rings is 1. The SMILES string of the molecule is CC[C@H]1C[C@@H]1c1ccc2cccnc2c1. The Kier molecular flexibility index (Phi) is 1.98. The maximum Gasteiger partial charge on any atom is 0.0704 e. The molecule has 0 unspecified atom stereocenters. The maximum atomic E-state index is 4.40. The Morgan fingerprint density at radius 3 is 3.07 bits per heavy atom. The summed E-state index contributed by atoms with van der Waals surface area (Å²) >= 11 is 0. The van der Waals surface area contributed by atoms with E-state index in [-0.39, 0.29) is 0 Å². The van der Waals surface area contributed by atoms with Crippen LogP contribution >= 0.6 is 0 Å². The van der Waals surface area contributed by atoms with E-state index < -0.39 is 0 Å². The second-order valence-electron chi connectivity index (χ2n) is 4.47. The van der Waals surface area contributed by atoms with Gasteiger partial charge in [-0.3, -0.25) is 4.98 Å².